The van der Waals surface area contributed by atoms with E-state index in [-0.39, 0.29) is 11.9 Å². The highest BCUT2D eigenvalue weighted by atomic mass is 35.5. The van der Waals surface area contributed by atoms with Crippen molar-refractivity contribution in [2.75, 3.05) is 11.4 Å². The molecule has 7 heteroatoms. The van der Waals surface area contributed by atoms with E-state index in [0.717, 1.165) is 23.4 Å². The van der Waals surface area contributed by atoms with Crippen LogP contribution in [0.3, 0.4) is 0 Å². The van der Waals surface area contributed by atoms with Crippen molar-refractivity contribution in [3.05, 3.63) is 82.9 Å². The fraction of sp³-hybridized carbons (Fsp3) is 0.227. The Balaban J connectivity index is 1.59. The van der Waals surface area contributed by atoms with Crippen LogP contribution in [0.5, 0.6) is 0 Å². The summed E-state index contributed by atoms with van der Waals surface area (Å²) in [4.78, 5) is 18.8. The summed E-state index contributed by atoms with van der Waals surface area (Å²) in [6.07, 6.45) is 4.38. The molecule has 1 N–H and O–H groups in total. The molecule has 1 fully saturated rings. The third-order valence-electron chi connectivity index (χ3n) is 5.12. The molecule has 0 aliphatic carbocycles. The van der Waals surface area contributed by atoms with Crippen LogP contribution in [0.2, 0.25) is 5.02 Å². The summed E-state index contributed by atoms with van der Waals surface area (Å²) in [6.45, 7) is 1.88. The lowest BCUT2D eigenvalue weighted by atomic mass is 10.1. The summed E-state index contributed by atoms with van der Waals surface area (Å²) < 4.78 is 2.07. The van der Waals surface area contributed by atoms with Crippen molar-refractivity contribution in [2.45, 2.75) is 25.6 Å². The van der Waals surface area contributed by atoms with Gasteiger partial charge in [-0.2, -0.15) is 5.26 Å². The number of benzene rings is 2. The average Bonchev–Trinajstić information content (AvgIpc) is 3.36. The van der Waals surface area contributed by atoms with E-state index < -0.39 is 0 Å². The molecule has 29 heavy (non-hydrogen) atoms. The van der Waals surface area contributed by atoms with E-state index >= 15 is 0 Å². The number of amides is 1. The van der Waals surface area contributed by atoms with Gasteiger partial charge < -0.3 is 14.8 Å². The number of aromatic nitrogens is 2. The van der Waals surface area contributed by atoms with Crippen molar-refractivity contribution in [3.63, 3.8) is 0 Å². The van der Waals surface area contributed by atoms with Crippen molar-refractivity contribution in [2.24, 2.45) is 0 Å². The maximum atomic E-state index is 12.4. The number of nitriles is 1. The number of hydrogen-bond acceptors (Lipinski definition) is 4. The lowest BCUT2D eigenvalue weighted by molar-refractivity contribution is -0.120. The number of imidazole rings is 1. The number of halogens is 1. The van der Waals surface area contributed by atoms with Crippen LogP contribution in [0.25, 0.3) is 0 Å². The molecule has 2 aromatic carbocycles. The molecular formula is C22H20ClN5O. The molecule has 146 valence electrons. The Morgan fingerprint density at radius 1 is 1.21 bits per heavy atom. The van der Waals surface area contributed by atoms with Gasteiger partial charge in [0.15, 0.2) is 0 Å². The van der Waals surface area contributed by atoms with Gasteiger partial charge in [0.05, 0.1) is 30.2 Å². The van der Waals surface area contributed by atoms with Crippen LogP contribution in [0.4, 0.5) is 5.69 Å². The molecule has 1 amide bonds. The largest absolute Gasteiger partial charge is 0.354 e. The Morgan fingerprint density at radius 3 is 2.62 bits per heavy atom. The standard InChI is InChI=1S/C22H20ClN5O/c23-18-5-7-19(8-6-18)28(21-9-10-26-22(21)29)14-20-12-25-15-27(20)13-17-3-1-16(11-24)2-4-17/h1-8,12,15,21H,9-10,13-14H2,(H,26,29)/t21-/m1/s1. The minimum absolute atomic E-state index is 0.0399. The Hall–Kier alpha value is -3.30. The lowest BCUT2D eigenvalue weighted by Gasteiger charge is -2.29. The van der Waals surface area contributed by atoms with Crippen molar-refractivity contribution < 1.29 is 4.79 Å². The molecule has 0 radical (unpaired) electrons. The van der Waals surface area contributed by atoms with Gasteiger partial charge in [0, 0.05) is 30.0 Å². The highest BCUT2D eigenvalue weighted by molar-refractivity contribution is 6.30. The second kappa shape index (κ2) is 8.38. The minimum atomic E-state index is -0.227. The maximum Gasteiger partial charge on any atom is 0.242 e. The summed E-state index contributed by atoms with van der Waals surface area (Å²) in [5.74, 6) is 0.0399. The van der Waals surface area contributed by atoms with Crippen LogP contribution >= 0.6 is 11.6 Å². The molecule has 0 unspecified atom stereocenters. The molecule has 2 heterocycles. The SMILES string of the molecule is N#Cc1ccc(Cn2cncc2CN(c2ccc(Cl)cc2)[C@@H]2CCNC2=O)cc1. The number of hydrogen-bond donors (Lipinski definition) is 1. The Bertz CT molecular complexity index is 1040. The number of carbonyl (C=O) groups excluding carboxylic acids is 1. The van der Waals surface area contributed by atoms with E-state index in [1.54, 1.807) is 6.33 Å². The van der Waals surface area contributed by atoms with E-state index in [0.29, 0.717) is 30.2 Å². The molecule has 6 nitrogen and oxygen atoms in total. The predicted molar refractivity (Wildman–Crippen MR) is 112 cm³/mol. The van der Waals surface area contributed by atoms with Gasteiger partial charge in [0.25, 0.3) is 0 Å². The van der Waals surface area contributed by atoms with Crippen LogP contribution in [0.1, 0.15) is 23.2 Å². The number of carbonyl (C=O) groups is 1. The Morgan fingerprint density at radius 2 is 1.97 bits per heavy atom. The van der Waals surface area contributed by atoms with Crippen LogP contribution in [-0.2, 0) is 17.9 Å². The van der Waals surface area contributed by atoms with Crippen molar-refractivity contribution >= 4 is 23.2 Å². The first kappa shape index (κ1) is 19.0. The molecule has 0 spiro atoms. The van der Waals surface area contributed by atoms with Gasteiger partial charge in [-0.1, -0.05) is 23.7 Å². The molecule has 4 rings (SSSR count). The summed E-state index contributed by atoms with van der Waals surface area (Å²) in [5.41, 5.74) is 3.67. The topological polar surface area (TPSA) is 74.0 Å². The first-order chi connectivity index (χ1) is 14.1. The first-order valence-electron chi connectivity index (χ1n) is 9.42. The average molecular weight is 406 g/mol. The molecule has 3 aromatic rings. The van der Waals surface area contributed by atoms with Gasteiger partial charge in [-0.15, -0.1) is 0 Å². The normalized spacial score (nSPS) is 15.7. The van der Waals surface area contributed by atoms with Crippen molar-refractivity contribution in [1.29, 1.82) is 5.26 Å². The van der Waals surface area contributed by atoms with Crippen molar-refractivity contribution in [3.8, 4) is 6.07 Å². The smallest absolute Gasteiger partial charge is 0.242 e. The second-order valence-electron chi connectivity index (χ2n) is 7.02. The van der Waals surface area contributed by atoms with Gasteiger partial charge in [0.1, 0.15) is 6.04 Å². The quantitative estimate of drug-likeness (QED) is 0.682. The van der Waals surface area contributed by atoms with Crippen molar-refractivity contribution in [1.82, 2.24) is 14.9 Å². The molecule has 1 aliphatic rings. The lowest BCUT2D eigenvalue weighted by Crippen LogP contribution is -2.40. The fourth-order valence-corrected chi connectivity index (χ4v) is 3.70. The zero-order valence-corrected chi connectivity index (χ0v) is 16.5. The monoisotopic (exact) mass is 405 g/mol. The van der Waals surface area contributed by atoms with E-state index in [1.807, 2.05) is 54.7 Å². The van der Waals surface area contributed by atoms with Crippen LogP contribution in [0.15, 0.2) is 61.1 Å². The van der Waals surface area contributed by atoms with Gasteiger partial charge >= 0.3 is 0 Å². The zero-order chi connectivity index (χ0) is 20.2. The van der Waals surface area contributed by atoms with Gasteiger partial charge in [0.2, 0.25) is 5.91 Å². The summed E-state index contributed by atoms with van der Waals surface area (Å²) in [7, 11) is 0. The zero-order valence-electron chi connectivity index (χ0n) is 15.8. The van der Waals surface area contributed by atoms with Gasteiger partial charge in [-0.05, 0) is 48.4 Å². The van der Waals surface area contributed by atoms with E-state index in [1.165, 1.54) is 0 Å². The number of nitrogens with one attached hydrogen (secondary N) is 1. The van der Waals surface area contributed by atoms with Gasteiger partial charge in [-0.25, -0.2) is 4.98 Å². The fourth-order valence-electron chi connectivity index (χ4n) is 3.57. The summed E-state index contributed by atoms with van der Waals surface area (Å²) in [6, 6.07) is 17.0. The van der Waals surface area contributed by atoms with E-state index in [9.17, 15) is 4.79 Å². The molecular weight excluding hydrogens is 386 g/mol. The van der Waals surface area contributed by atoms with Crippen LogP contribution < -0.4 is 10.2 Å². The second-order valence-corrected chi connectivity index (χ2v) is 7.46. The third-order valence-corrected chi connectivity index (χ3v) is 5.37. The number of anilines is 1. The summed E-state index contributed by atoms with van der Waals surface area (Å²) in [5, 5.41) is 12.6. The number of nitrogens with zero attached hydrogens (tertiary/aromatic N) is 4. The molecule has 1 aliphatic heterocycles. The maximum absolute atomic E-state index is 12.4. The number of rotatable bonds is 6. The Kier molecular flexibility index (Phi) is 5.50. The third kappa shape index (κ3) is 4.25. The minimum Gasteiger partial charge on any atom is -0.354 e. The Labute approximate surface area is 174 Å². The molecule has 1 saturated heterocycles. The predicted octanol–water partition coefficient (Wildman–Crippen LogP) is 3.35. The highest BCUT2D eigenvalue weighted by Gasteiger charge is 2.31. The molecule has 0 bridgehead atoms. The van der Waals surface area contributed by atoms with Crippen LogP contribution in [-0.4, -0.2) is 28.0 Å². The molecule has 1 aromatic heterocycles. The highest BCUT2D eigenvalue weighted by Crippen LogP contribution is 2.25. The summed E-state index contributed by atoms with van der Waals surface area (Å²) >= 11 is 6.05. The molecule has 0 saturated carbocycles. The molecule has 1 atom stereocenters. The van der Waals surface area contributed by atoms with Gasteiger partial charge in [-0.3, -0.25) is 4.79 Å². The first-order valence-corrected chi connectivity index (χ1v) is 9.80. The van der Waals surface area contributed by atoms with Crippen LogP contribution in [0, 0.1) is 11.3 Å². The van der Waals surface area contributed by atoms with E-state index in [4.69, 9.17) is 16.9 Å². The van der Waals surface area contributed by atoms with E-state index in [2.05, 4.69) is 25.8 Å².